The predicted molar refractivity (Wildman–Crippen MR) is 177 cm³/mol. The number of hydrogen-bond donors (Lipinski definition) is 0. The van der Waals surface area contributed by atoms with Crippen molar-refractivity contribution in [3.8, 4) is 28.8 Å². The molecular formula is C32H22Br2N4O7. The first-order valence-corrected chi connectivity index (χ1v) is 14.9. The zero-order valence-corrected chi connectivity index (χ0v) is 26.9. The van der Waals surface area contributed by atoms with Gasteiger partial charge in [-0.1, -0.05) is 18.2 Å². The highest BCUT2D eigenvalue weighted by atomic mass is 79.9. The molecule has 0 fully saturated rings. The van der Waals surface area contributed by atoms with Gasteiger partial charge in [-0.25, -0.2) is 4.98 Å². The van der Waals surface area contributed by atoms with E-state index in [1.807, 2.05) is 12.1 Å². The van der Waals surface area contributed by atoms with Crippen molar-refractivity contribution in [2.45, 2.75) is 6.61 Å². The lowest BCUT2D eigenvalue weighted by Crippen LogP contribution is -2.20. The van der Waals surface area contributed by atoms with E-state index in [9.17, 15) is 14.9 Å². The van der Waals surface area contributed by atoms with Gasteiger partial charge in [-0.3, -0.25) is 14.9 Å². The second-order valence-corrected chi connectivity index (χ2v) is 11.2. The lowest BCUT2D eigenvalue weighted by atomic mass is 10.2. The molecule has 2 aromatic heterocycles. The van der Waals surface area contributed by atoms with E-state index in [1.165, 1.54) is 30.1 Å². The van der Waals surface area contributed by atoms with Crippen molar-refractivity contribution >= 4 is 65.6 Å². The third-order valence-corrected chi connectivity index (χ3v) is 9.08. The van der Waals surface area contributed by atoms with Gasteiger partial charge < -0.3 is 18.6 Å². The minimum atomic E-state index is -0.458. The monoisotopic (exact) mass is 732 g/mol. The SMILES string of the molecule is COc1cc(C=Nn2c(-c3cc4c(OC)cccc4o3)nc3ccccc3c2=O)c(Br)c(Br)c1OCc1ccc([N+](=O)[O-])cc1. The third kappa shape index (κ3) is 5.79. The molecule has 226 valence electrons. The van der Waals surface area contributed by atoms with Crippen LogP contribution in [-0.4, -0.2) is 35.0 Å². The van der Waals surface area contributed by atoms with Gasteiger partial charge in [-0.2, -0.15) is 9.78 Å². The Bertz CT molecular complexity index is 2180. The highest BCUT2D eigenvalue weighted by Gasteiger charge is 2.20. The van der Waals surface area contributed by atoms with E-state index in [2.05, 4.69) is 37.0 Å². The molecule has 0 unspecified atom stereocenters. The lowest BCUT2D eigenvalue weighted by Gasteiger charge is -2.15. The van der Waals surface area contributed by atoms with Crippen LogP contribution in [0.5, 0.6) is 17.2 Å². The van der Waals surface area contributed by atoms with Crippen LogP contribution in [0.2, 0.25) is 0 Å². The van der Waals surface area contributed by atoms with Gasteiger partial charge in [-0.15, -0.1) is 0 Å². The van der Waals surface area contributed by atoms with E-state index in [-0.39, 0.29) is 23.7 Å². The van der Waals surface area contributed by atoms with Crippen LogP contribution in [0.1, 0.15) is 11.1 Å². The molecule has 0 aliphatic carbocycles. The molecule has 0 radical (unpaired) electrons. The summed E-state index contributed by atoms with van der Waals surface area (Å²) in [5.41, 5.74) is 1.98. The molecule has 2 heterocycles. The van der Waals surface area contributed by atoms with E-state index in [4.69, 9.17) is 23.6 Å². The van der Waals surface area contributed by atoms with Crippen LogP contribution in [0.4, 0.5) is 5.69 Å². The van der Waals surface area contributed by atoms with Gasteiger partial charge in [0.2, 0.25) is 5.82 Å². The van der Waals surface area contributed by atoms with Gasteiger partial charge >= 0.3 is 0 Å². The third-order valence-electron chi connectivity index (χ3n) is 6.93. The smallest absolute Gasteiger partial charge is 0.282 e. The van der Waals surface area contributed by atoms with Crippen LogP contribution in [0.25, 0.3) is 33.5 Å². The van der Waals surface area contributed by atoms with Gasteiger partial charge in [-0.05, 0) is 86.0 Å². The second kappa shape index (κ2) is 12.5. The molecule has 6 aromatic rings. The topological polar surface area (TPSA) is 131 Å². The number of benzene rings is 4. The Balaban J connectivity index is 1.40. The molecule has 0 N–H and O–H groups in total. The fourth-order valence-corrected chi connectivity index (χ4v) is 5.62. The molecule has 11 nitrogen and oxygen atoms in total. The fraction of sp³-hybridized carbons (Fsp3) is 0.0938. The van der Waals surface area contributed by atoms with Crippen molar-refractivity contribution in [1.82, 2.24) is 9.66 Å². The van der Waals surface area contributed by atoms with E-state index >= 15 is 0 Å². The molecule has 0 bridgehead atoms. The van der Waals surface area contributed by atoms with Crippen molar-refractivity contribution in [1.29, 1.82) is 0 Å². The standard InChI is InChI=1S/C32H22Br2N4O7/c1-42-24-8-5-9-25-22(24)15-27(45-25)31-36-23-7-4-3-6-21(23)32(39)37(31)35-16-19-14-26(43-2)30(29(34)28(19)33)44-17-18-10-12-20(13-11-18)38(40)41/h3-16H,17H2,1-2H3. The number of rotatable bonds is 9. The van der Waals surface area contributed by atoms with Gasteiger partial charge in [0, 0.05) is 22.2 Å². The Morgan fingerprint density at radius 3 is 2.44 bits per heavy atom. The first-order chi connectivity index (χ1) is 21.8. The fourth-order valence-electron chi connectivity index (χ4n) is 4.69. The Kier molecular flexibility index (Phi) is 8.37. The zero-order valence-electron chi connectivity index (χ0n) is 23.7. The molecular weight excluding hydrogens is 712 g/mol. The molecule has 6 rings (SSSR count). The summed E-state index contributed by atoms with van der Waals surface area (Å²) in [6.07, 6.45) is 1.50. The van der Waals surface area contributed by atoms with E-state index in [0.29, 0.717) is 54.0 Å². The maximum atomic E-state index is 13.7. The van der Waals surface area contributed by atoms with E-state index in [1.54, 1.807) is 61.7 Å². The van der Waals surface area contributed by atoms with Crippen LogP contribution in [0, 0.1) is 10.1 Å². The van der Waals surface area contributed by atoms with E-state index in [0.717, 1.165) is 10.9 Å². The number of nitro benzene ring substituents is 1. The van der Waals surface area contributed by atoms with Crippen LogP contribution >= 0.6 is 31.9 Å². The van der Waals surface area contributed by atoms with Crippen molar-refractivity contribution in [2.75, 3.05) is 14.2 Å². The Morgan fingerprint density at radius 2 is 1.71 bits per heavy atom. The second-order valence-electron chi connectivity index (χ2n) is 9.63. The predicted octanol–water partition coefficient (Wildman–Crippen LogP) is 7.72. The summed E-state index contributed by atoms with van der Waals surface area (Å²) >= 11 is 7.17. The molecule has 4 aromatic carbocycles. The maximum absolute atomic E-state index is 13.7. The van der Waals surface area contributed by atoms with Gasteiger partial charge in [0.05, 0.1) is 46.1 Å². The summed E-state index contributed by atoms with van der Waals surface area (Å²) in [6, 6.07) is 22.0. The number of furan rings is 1. The number of hydrogen-bond acceptors (Lipinski definition) is 9. The quantitative estimate of drug-likeness (QED) is 0.0839. The first kappa shape index (κ1) is 30.0. The van der Waals surface area contributed by atoms with Gasteiger partial charge in [0.15, 0.2) is 17.3 Å². The largest absolute Gasteiger partial charge is 0.496 e. The van der Waals surface area contributed by atoms with Crippen molar-refractivity contribution in [3.05, 3.63) is 119 Å². The number of fused-ring (bicyclic) bond motifs is 2. The molecule has 45 heavy (non-hydrogen) atoms. The van der Waals surface area contributed by atoms with Gasteiger partial charge in [0.25, 0.3) is 11.2 Å². The number of para-hydroxylation sites is 1. The number of aromatic nitrogens is 2. The van der Waals surface area contributed by atoms with Crippen molar-refractivity contribution in [2.24, 2.45) is 5.10 Å². The molecule has 0 spiro atoms. The molecule has 0 atom stereocenters. The zero-order chi connectivity index (χ0) is 31.7. The normalized spacial score (nSPS) is 11.4. The molecule has 13 heteroatoms. The van der Waals surface area contributed by atoms with Crippen molar-refractivity contribution in [3.63, 3.8) is 0 Å². The van der Waals surface area contributed by atoms with Crippen LogP contribution < -0.4 is 19.8 Å². The highest BCUT2D eigenvalue weighted by molar-refractivity contribution is 9.13. The first-order valence-electron chi connectivity index (χ1n) is 13.3. The Morgan fingerprint density at radius 1 is 0.956 bits per heavy atom. The minimum Gasteiger partial charge on any atom is -0.496 e. The Hall–Kier alpha value is -5.01. The number of methoxy groups -OCH3 is 2. The van der Waals surface area contributed by atoms with Crippen LogP contribution in [-0.2, 0) is 6.61 Å². The minimum absolute atomic E-state index is 0.00665. The number of ether oxygens (including phenoxy) is 3. The number of nitro groups is 1. The molecule has 0 saturated heterocycles. The number of nitrogens with zero attached hydrogens (tertiary/aromatic N) is 4. The number of halogens is 2. The maximum Gasteiger partial charge on any atom is 0.282 e. The van der Waals surface area contributed by atoms with E-state index < -0.39 is 4.92 Å². The average Bonchev–Trinajstić information content (AvgIpc) is 3.50. The van der Waals surface area contributed by atoms with Crippen molar-refractivity contribution < 1.29 is 23.6 Å². The lowest BCUT2D eigenvalue weighted by molar-refractivity contribution is -0.384. The highest BCUT2D eigenvalue weighted by Crippen LogP contribution is 2.43. The summed E-state index contributed by atoms with van der Waals surface area (Å²) in [6.45, 7) is 0.136. The van der Waals surface area contributed by atoms with Gasteiger partial charge in [0.1, 0.15) is 17.9 Å². The molecule has 0 amide bonds. The summed E-state index contributed by atoms with van der Waals surface area (Å²) in [5, 5.41) is 16.6. The Labute approximate surface area is 272 Å². The molecule has 0 saturated carbocycles. The summed E-state index contributed by atoms with van der Waals surface area (Å²) in [7, 11) is 3.08. The average molecular weight is 734 g/mol. The van der Waals surface area contributed by atoms with Crippen LogP contribution in [0.15, 0.2) is 102 Å². The summed E-state index contributed by atoms with van der Waals surface area (Å²) in [5.74, 6) is 1.96. The molecule has 0 aliphatic rings. The molecule has 0 aliphatic heterocycles. The summed E-state index contributed by atoms with van der Waals surface area (Å²) < 4.78 is 25.5. The number of non-ortho nitro benzene ring substituents is 1. The van der Waals surface area contributed by atoms with Crippen LogP contribution in [0.3, 0.4) is 0 Å². The summed E-state index contributed by atoms with van der Waals surface area (Å²) in [4.78, 5) is 29.0.